The van der Waals surface area contributed by atoms with E-state index in [0.717, 1.165) is 51.6 Å². The Hall–Kier alpha value is -3.35. The largest absolute Gasteiger partial charge is 0.310 e. The van der Waals surface area contributed by atoms with Gasteiger partial charge in [-0.1, -0.05) is 13.3 Å². The lowest BCUT2D eigenvalue weighted by Crippen LogP contribution is -2.15. The summed E-state index contributed by atoms with van der Waals surface area (Å²) in [5, 5.41) is 4.58. The number of amides is 1. The topological polar surface area (TPSA) is 72.2 Å². The van der Waals surface area contributed by atoms with Crippen LogP contribution in [0.15, 0.2) is 43.1 Å². The predicted molar refractivity (Wildman–Crippen MR) is 114 cm³/mol. The fourth-order valence-corrected chi connectivity index (χ4v) is 3.91. The molecule has 152 valence electrons. The van der Waals surface area contributed by atoms with Crippen molar-refractivity contribution >= 4 is 28.0 Å². The zero-order chi connectivity index (χ0) is 20.8. The molecule has 1 saturated carbocycles. The minimum Gasteiger partial charge on any atom is -0.310 e. The van der Waals surface area contributed by atoms with E-state index in [1.807, 2.05) is 16.7 Å². The molecule has 4 aromatic rings. The van der Waals surface area contributed by atoms with Gasteiger partial charge in [-0.05, 0) is 43.5 Å². The monoisotopic (exact) mass is 403 g/mol. The van der Waals surface area contributed by atoms with Gasteiger partial charge in [0, 0.05) is 34.4 Å². The van der Waals surface area contributed by atoms with Crippen LogP contribution in [-0.4, -0.2) is 31.4 Å². The van der Waals surface area contributed by atoms with E-state index < -0.39 is 12.1 Å². The van der Waals surface area contributed by atoms with Crippen LogP contribution in [0.4, 0.5) is 10.2 Å². The zero-order valence-electron chi connectivity index (χ0n) is 16.9. The number of hydrogen-bond donors (Lipinski definition) is 1. The third-order valence-electron chi connectivity index (χ3n) is 5.65. The van der Waals surface area contributed by atoms with Gasteiger partial charge in [0.2, 0.25) is 5.91 Å². The number of imidazole rings is 1. The maximum atomic E-state index is 13.2. The summed E-state index contributed by atoms with van der Waals surface area (Å²) in [5.41, 5.74) is 5.19. The molecule has 6 nitrogen and oxygen atoms in total. The van der Waals surface area contributed by atoms with Gasteiger partial charge in [0.1, 0.15) is 12.0 Å². The number of halogens is 1. The van der Waals surface area contributed by atoms with Crippen molar-refractivity contribution in [1.82, 2.24) is 19.4 Å². The van der Waals surface area contributed by atoms with Crippen LogP contribution in [0.3, 0.4) is 0 Å². The third kappa shape index (κ3) is 3.20. The fraction of sp³-hybridized carbons (Fsp3) is 0.304. The molecule has 2 atom stereocenters. The van der Waals surface area contributed by atoms with Crippen LogP contribution in [0.2, 0.25) is 0 Å². The highest BCUT2D eigenvalue weighted by Crippen LogP contribution is 2.35. The van der Waals surface area contributed by atoms with Gasteiger partial charge in [-0.3, -0.25) is 14.2 Å². The molecule has 0 aliphatic heterocycles. The molecular formula is C23H22FN5O. The van der Waals surface area contributed by atoms with E-state index in [1.54, 1.807) is 18.7 Å². The minimum atomic E-state index is -1.03. The van der Waals surface area contributed by atoms with E-state index in [1.165, 1.54) is 0 Å². The number of hydrogen-bond acceptors (Lipinski definition) is 4. The van der Waals surface area contributed by atoms with Crippen LogP contribution in [-0.2, 0) is 11.2 Å². The van der Waals surface area contributed by atoms with Crippen molar-refractivity contribution in [2.24, 2.45) is 5.92 Å². The molecule has 7 heteroatoms. The molecule has 5 rings (SSSR count). The molecule has 4 aromatic heterocycles. The maximum Gasteiger partial charge on any atom is 0.231 e. The van der Waals surface area contributed by atoms with Crippen LogP contribution in [0.5, 0.6) is 0 Å². The number of carbonyl (C=O) groups excluding carboxylic acids is 1. The Balaban J connectivity index is 1.58. The second-order valence-electron chi connectivity index (χ2n) is 7.92. The maximum absolute atomic E-state index is 13.2. The third-order valence-corrected chi connectivity index (χ3v) is 5.65. The summed E-state index contributed by atoms with van der Waals surface area (Å²) in [7, 11) is 0. The van der Waals surface area contributed by atoms with E-state index in [2.05, 4.69) is 46.2 Å². The summed E-state index contributed by atoms with van der Waals surface area (Å²) >= 11 is 0. The number of nitrogens with one attached hydrogen (secondary N) is 1. The summed E-state index contributed by atoms with van der Waals surface area (Å²) in [6.07, 6.45) is 8.51. The Kier molecular flexibility index (Phi) is 4.46. The van der Waals surface area contributed by atoms with Gasteiger partial charge in [0.15, 0.2) is 0 Å². The van der Waals surface area contributed by atoms with Gasteiger partial charge in [-0.25, -0.2) is 14.4 Å². The number of nitrogens with zero attached hydrogens (tertiary/aromatic N) is 4. The Morgan fingerprint density at radius 2 is 2.07 bits per heavy atom. The Bertz CT molecular complexity index is 1280. The average Bonchev–Trinajstić information content (AvgIpc) is 3.26. The molecule has 1 fully saturated rings. The molecule has 4 heterocycles. The molecule has 2 unspecified atom stereocenters. The number of aryl methyl sites for hydroxylation is 2. The van der Waals surface area contributed by atoms with E-state index in [-0.39, 0.29) is 5.91 Å². The van der Waals surface area contributed by atoms with Crippen molar-refractivity contribution in [2.75, 3.05) is 5.32 Å². The lowest BCUT2D eigenvalue weighted by atomic mass is 10.0. The van der Waals surface area contributed by atoms with E-state index in [4.69, 9.17) is 0 Å². The van der Waals surface area contributed by atoms with Gasteiger partial charge in [0.05, 0.1) is 29.7 Å². The number of aromatic nitrogens is 4. The Labute approximate surface area is 173 Å². The van der Waals surface area contributed by atoms with Crippen LogP contribution in [0.1, 0.15) is 31.0 Å². The molecule has 1 amide bonds. The normalized spacial score (nSPS) is 18.1. The van der Waals surface area contributed by atoms with Crippen LogP contribution < -0.4 is 5.32 Å². The van der Waals surface area contributed by atoms with Crippen molar-refractivity contribution in [3.05, 3.63) is 54.4 Å². The summed E-state index contributed by atoms with van der Waals surface area (Å²) in [4.78, 5) is 25.4. The van der Waals surface area contributed by atoms with E-state index in [9.17, 15) is 9.18 Å². The van der Waals surface area contributed by atoms with Crippen molar-refractivity contribution in [1.29, 1.82) is 0 Å². The SMILES string of the molecule is CCCc1cc(C)c(-c2cc3cnc(NC(=O)C4CC4F)cc3c3cncn23)cn1. The van der Waals surface area contributed by atoms with Gasteiger partial charge in [-0.15, -0.1) is 0 Å². The average molecular weight is 403 g/mol. The molecule has 0 spiro atoms. The second-order valence-corrected chi connectivity index (χ2v) is 7.92. The van der Waals surface area contributed by atoms with Crippen molar-refractivity contribution in [2.45, 2.75) is 39.3 Å². The second kappa shape index (κ2) is 7.16. The Morgan fingerprint density at radius 1 is 1.23 bits per heavy atom. The Morgan fingerprint density at radius 3 is 2.80 bits per heavy atom. The predicted octanol–water partition coefficient (Wildman–Crippen LogP) is 4.50. The number of anilines is 1. The summed E-state index contributed by atoms with van der Waals surface area (Å²) in [6, 6.07) is 6.02. The zero-order valence-corrected chi connectivity index (χ0v) is 16.9. The van der Waals surface area contributed by atoms with Crippen molar-refractivity contribution < 1.29 is 9.18 Å². The van der Waals surface area contributed by atoms with Crippen LogP contribution >= 0.6 is 0 Å². The number of fused-ring (bicyclic) bond motifs is 3. The van der Waals surface area contributed by atoms with E-state index >= 15 is 0 Å². The van der Waals surface area contributed by atoms with Crippen molar-refractivity contribution in [3.63, 3.8) is 0 Å². The lowest BCUT2D eigenvalue weighted by Gasteiger charge is -2.13. The molecule has 1 N–H and O–H groups in total. The van der Waals surface area contributed by atoms with Gasteiger partial charge in [-0.2, -0.15) is 0 Å². The minimum absolute atomic E-state index is 0.292. The molecule has 0 aromatic carbocycles. The highest BCUT2D eigenvalue weighted by Gasteiger charge is 2.43. The van der Waals surface area contributed by atoms with Crippen LogP contribution in [0, 0.1) is 12.8 Å². The highest BCUT2D eigenvalue weighted by molar-refractivity contribution is 6.01. The summed E-state index contributed by atoms with van der Waals surface area (Å²) < 4.78 is 15.2. The smallest absolute Gasteiger partial charge is 0.231 e. The molecule has 0 bridgehead atoms. The quantitative estimate of drug-likeness (QED) is 0.532. The van der Waals surface area contributed by atoms with Gasteiger partial charge < -0.3 is 5.32 Å². The molecule has 0 radical (unpaired) electrons. The molecule has 1 aliphatic rings. The van der Waals surface area contributed by atoms with Gasteiger partial charge >= 0.3 is 0 Å². The number of rotatable bonds is 5. The molecule has 0 saturated heterocycles. The van der Waals surface area contributed by atoms with E-state index in [0.29, 0.717) is 12.2 Å². The van der Waals surface area contributed by atoms with Crippen LogP contribution in [0.25, 0.3) is 27.5 Å². The summed E-state index contributed by atoms with van der Waals surface area (Å²) in [5.74, 6) is -0.445. The number of carbonyl (C=O) groups is 1. The van der Waals surface area contributed by atoms with Gasteiger partial charge in [0.25, 0.3) is 0 Å². The first-order valence-corrected chi connectivity index (χ1v) is 10.2. The number of alkyl halides is 1. The number of pyridine rings is 3. The lowest BCUT2D eigenvalue weighted by molar-refractivity contribution is -0.117. The fourth-order valence-electron chi connectivity index (χ4n) is 3.91. The first-order chi connectivity index (χ1) is 14.5. The summed E-state index contributed by atoms with van der Waals surface area (Å²) in [6.45, 7) is 4.24. The molecule has 30 heavy (non-hydrogen) atoms. The first-order valence-electron chi connectivity index (χ1n) is 10.2. The standard InChI is InChI=1S/C23H22FN5O/c1-3-4-15-5-13(2)18(10-26-15)20-6-14-9-27-22(28-23(30)17-7-19(17)24)8-16(14)21-11-25-12-29(20)21/h5-6,8-12,17,19H,3-4,7H2,1-2H3,(H,27,28,30). The molecule has 1 aliphatic carbocycles. The highest BCUT2D eigenvalue weighted by atomic mass is 19.1. The first kappa shape index (κ1) is 18.7. The van der Waals surface area contributed by atoms with Crippen molar-refractivity contribution in [3.8, 4) is 11.3 Å². The molecular weight excluding hydrogens is 381 g/mol.